The van der Waals surface area contributed by atoms with Crippen molar-refractivity contribution in [1.82, 2.24) is 0 Å². The Morgan fingerprint density at radius 1 is 0.882 bits per heavy atom. The molecule has 0 aliphatic heterocycles. The maximum Gasteiger partial charge on any atom is 0.573 e. The van der Waals surface area contributed by atoms with Crippen LogP contribution < -0.4 is 4.74 Å². The van der Waals surface area contributed by atoms with Crippen LogP contribution >= 0.6 is 0 Å². The van der Waals surface area contributed by atoms with Gasteiger partial charge in [0, 0.05) is 5.92 Å². The Morgan fingerprint density at radius 3 is 2.00 bits per heavy atom. The van der Waals surface area contributed by atoms with Crippen LogP contribution in [0.4, 0.5) is 13.2 Å². The highest BCUT2D eigenvalue weighted by Gasteiger charge is 2.31. The molecule has 0 spiro atoms. The first-order valence-electron chi connectivity index (χ1n) is 5.75. The fourth-order valence-corrected chi connectivity index (χ4v) is 2.16. The lowest BCUT2D eigenvalue weighted by Crippen LogP contribution is -2.17. The summed E-state index contributed by atoms with van der Waals surface area (Å²) in [5, 5.41) is 0. The molecule has 4 heteroatoms. The molecule has 1 saturated carbocycles. The summed E-state index contributed by atoms with van der Waals surface area (Å²) in [6.07, 6.45) is 1.10. The average molecular weight is 243 g/mol. The highest BCUT2D eigenvalue weighted by atomic mass is 19.4. The van der Waals surface area contributed by atoms with E-state index in [0.717, 1.165) is 18.4 Å². The number of ether oxygens (including phenoxy) is 1. The molecule has 0 saturated heterocycles. The molecule has 1 nitrogen and oxygen atoms in total. The number of rotatable bonds is 2. The molecule has 2 rings (SSSR count). The highest BCUT2D eigenvalue weighted by molar-refractivity contribution is 5.36. The van der Waals surface area contributed by atoms with Gasteiger partial charge >= 0.3 is 6.36 Å². The molecular formula is C13H14F3O. The van der Waals surface area contributed by atoms with Crippen molar-refractivity contribution in [3.8, 4) is 5.75 Å². The van der Waals surface area contributed by atoms with Gasteiger partial charge in [0.2, 0.25) is 0 Å². The van der Waals surface area contributed by atoms with Crippen molar-refractivity contribution in [2.24, 2.45) is 0 Å². The van der Waals surface area contributed by atoms with Crippen LogP contribution in [0.25, 0.3) is 0 Å². The molecule has 0 amide bonds. The van der Waals surface area contributed by atoms with Crippen molar-refractivity contribution in [2.75, 3.05) is 0 Å². The van der Waals surface area contributed by atoms with E-state index in [4.69, 9.17) is 0 Å². The van der Waals surface area contributed by atoms with Crippen LogP contribution in [-0.2, 0) is 0 Å². The van der Waals surface area contributed by atoms with E-state index in [1.54, 1.807) is 12.1 Å². The van der Waals surface area contributed by atoms with Crippen LogP contribution in [-0.4, -0.2) is 6.36 Å². The minimum Gasteiger partial charge on any atom is -0.406 e. The van der Waals surface area contributed by atoms with Crippen LogP contribution in [0.5, 0.6) is 5.75 Å². The minimum atomic E-state index is -4.61. The molecule has 93 valence electrons. The van der Waals surface area contributed by atoms with E-state index >= 15 is 0 Å². The van der Waals surface area contributed by atoms with Crippen molar-refractivity contribution in [3.63, 3.8) is 0 Å². The number of hydrogen-bond donors (Lipinski definition) is 0. The predicted molar refractivity (Wildman–Crippen MR) is 58.6 cm³/mol. The lowest BCUT2D eigenvalue weighted by atomic mass is 9.84. The molecule has 0 bridgehead atoms. The Kier molecular flexibility index (Phi) is 3.60. The summed E-state index contributed by atoms with van der Waals surface area (Å²) in [6.45, 7) is 0. The molecule has 1 aliphatic carbocycles. The smallest absolute Gasteiger partial charge is 0.406 e. The molecule has 0 N–H and O–H groups in total. The first kappa shape index (κ1) is 12.3. The Morgan fingerprint density at radius 2 is 1.47 bits per heavy atom. The normalized spacial score (nSPS) is 18.1. The molecule has 0 aromatic heterocycles. The van der Waals surface area contributed by atoms with Crippen LogP contribution in [0.2, 0.25) is 0 Å². The van der Waals surface area contributed by atoms with E-state index in [9.17, 15) is 13.2 Å². The predicted octanol–water partition coefficient (Wildman–Crippen LogP) is 4.47. The van der Waals surface area contributed by atoms with Gasteiger partial charge in [-0.1, -0.05) is 31.4 Å². The summed E-state index contributed by atoms with van der Waals surface area (Å²) < 4.78 is 39.7. The standard InChI is InChI=1S/C13H14F3O/c14-13(15,16)17-12-8-6-11(7-9-12)10-4-2-1-3-5-10/h6-9H,1-5H2. The largest absolute Gasteiger partial charge is 0.573 e. The van der Waals surface area contributed by atoms with E-state index in [1.165, 1.54) is 37.3 Å². The average Bonchev–Trinajstić information content (AvgIpc) is 2.29. The molecule has 0 atom stereocenters. The summed E-state index contributed by atoms with van der Waals surface area (Å²) in [5.74, 6) is 1.19. The zero-order chi connectivity index (χ0) is 12.3. The van der Waals surface area contributed by atoms with Gasteiger partial charge in [-0.2, -0.15) is 0 Å². The maximum absolute atomic E-state index is 12.0. The maximum atomic E-state index is 12.0. The van der Waals surface area contributed by atoms with Gasteiger partial charge < -0.3 is 4.74 Å². The summed E-state index contributed by atoms with van der Waals surface area (Å²) in [4.78, 5) is 0. The third-order valence-electron chi connectivity index (χ3n) is 2.95. The molecule has 1 aromatic rings. The van der Waals surface area contributed by atoms with Gasteiger partial charge in [-0.15, -0.1) is 13.2 Å². The fourth-order valence-electron chi connectivity index (χ4n) is 2.16. The van der Waals surface area contributed by atoms with Gasteiger partial charge in [-0.05, 0) is 30.5 Å². The molecular weight excluding hydrogens is 229 g/mol. The molecule has 1 aromatic carbocycles. The number of halogens is 3. The van der Waals surface area contributed by atoms with Crippen LogP contribution in [0.3, 0.4) is 0 Å². The van der Waals surface area contributed by atoms with Gasteiger partial charge in [-0.3, -0.25) is 0 Å². The van der Waals surface area contributed by atoms with Gasteiger partial charge in [0.25, 0.3) is 0 Å². The second-order valence-corrected chi connectivity index (χ2v) is 4.24. The minimum absolute atomic E-state index is 0.155. The number of hydrogen-bond acceptors (Lipinski definition) is 1. The summed E-state index contributed by atoms with van der Waals surface area (Å²) in [7, 11) is 0. The van der Waals surface area contributed by atoms with E-state index in [0.29, 0.717) is 0 Å². The van der Waals surface area contributed by atoms with Crippen LogP contribution in [0, 0.1) is 5.92 Å². The molecule has 17 heavy (non-hydrogen) atoms. The summed E-state index contributed by atoms with van der Waals surface area (Å²) in [5.41, 5.74) is 1.04. The zero-order valence-corrected chi connectivity index (χ0v) is 9.39. The van der Waals surface area contributed by atoms with Gasteiger partial charge in [0.05, 0.1) is 0 Å². The van der Waals surface area contributed by atoms with Crippen molar-refractivity contribution < 1.29 is 17.9 Å². The van der Waals surface area contributed by atoms with Crippen LogP contribution in [0.15, 0.2) is 24.3 Å². The first-order valence-corrected chi connectivity index (χ1v) is 5.75. The van der Waals surface area contributed by atoms with Gasteiger partial charge in [0.1, 0.15) is 5.75 Å². The number of benzene rings is 1. The topological polar surface area (TPSA) is 9.23 Å². The van der Waals surface area contributed by atoms with E-state index in [-0.39, 0.29) is 5.75 Å². The van der Waals surface area contributed by atoms with Gasteiger partial charge in [-0.25, -0.2) is 0 Å². The summed E-state index contributed by atoms with van der Waals surface area (Å²) in [6, 6.07) is 6.18. The Labute approximate surface area is 98.6 Å². The summed E-state index contributed by atoms with van der Waals surface area (Å²) >= 11 is 0. The fraction of sp³-hybridized carbons (Fsp3) is 0.462. The van der Waals surface area contributed by atoms with Crippen molar-refractivity contribution in [1.29, 1.82) is 0 Å². The van der Waals surface area contributed by atoms with Crippen molar-refractivity contribution in [2.45, 2.75) is 38.5 Å². The second kappa shape index (κ2) is 4.98. The van der Waals surface area contributed by atoms with E-state index in [2.05, 4.69) is 4.74 Å². The molecule has 1 aliphatic rings. The van der Waals surface area contributed by atoms with Crippen molar-refractivity contribution in [3.05, 3.63) is 35.7 Å². The highest BCUT2D eigenvalue weighted by Crippen LogP contribution is 2.33. The molecule has 1 fully saturated rings. The van der Waals surface area contributed by atoms with E-state index < -0.39 is 6.36 Å². The monoisotopic (exact) mass is 243 g/mol. The second-order valence-electron chi connectivity index (χ2n) is 4.24. The number of alkyl halides is 3. The molecule has 1 radical (unpaired) electrons. The molecule has 0 heterocycles. The molecule has 0 unspecified atom stereocenters. The third kappa shape index (κ3) is 3.65. The zero-order valence-electron chi connectivity index (χ0n) is 9.39. The Hall–Kier alpha value is -1.19. The lowest BCUT2D eigenvalue weighted by molar-refractivity contribution is -0.274. The third-order valence-corrected chi connectivity index (χ3v) is 2.95. The quantitative estimate of drug-likeness (QED) is 0.744. The Balaban J connectivity index is 2.02. The first-order chi connectivity index (χ1) is 8.04. The lowest BCUT2D eigenvalue weighted by Gasteiger charge is -2.21. The van der Waals surface area contributed by atoms with Gasteiger partial charge in [0.15, 0.2) is 0 Å². The van der Waals surface area contributed by atoms with E-state index in [1.807, 2.05) is 0 Å². The van der Waals surface area contributed by atoms with Crippen molar-refractivity contribution >= 4 is 0 Å². The van der Waals surface area contributed by atoms with Crippen LogP contribution in [0.1, 0.15) is 37.7 Å². The Bertz CT molecular complexity index is 350. The SMILES string of the molecule is FC(F)(F)Oc1ccc([C]2CCCCC2)cc1.